The summed E-state index contributed by atoms with van der Waals surface area (Å²) >= 11 is 6.06. The van der Waals surface area contributed by atoms with E-state index in [1.807, 2.05) is 23.9 Å². The smallest absolute Gasteiger partial charge is 0.119 e. The van der Waals surface area contributed by atoms with E-state index in [1.165, 1.54) is 17.7 Å². The minimum atomic E-state index is 0.934. The molecule has 0 heterocycles. The summed E-state index contributed by atoms with van der Waals surface area (Å²) in [4.78, 5) is 1.28. The summed E-state index contributed by atoms with van der Waals surface area (Å²) in [6.45, 7) is 0. The Kier molecular flexibility index (Phi) is 5.96. The van der Waals surface area contributed by atoms with Crippen molar-refractivity contribution < 1.29 is 4.74 Å². The van der Waals surface area contributed by atoms with Crippen LogP contribution in [-0.2, 0) is 0 Å². The monoisotopic (exact) mass is 228 g/mol. The molecule has 1 aromatic carbocycles. The SMILES string of the molecule is COc1cccc(SCCCCS)c1. The van der Waals surface area contributed by atoms with Gasteiger partial charge in [0.15, 0.2) is 0 Å². The topological polar surface area (TPSA) is 9.23 Å². The Morgan fingerprint density at radius 1 is 1.36 bits per heavy atom. The first kappa shape index (κ1) is 11.8. The lowest BCUT2D eigenvalue weighted by molar-refractivity contribution is 0.413. The zero-order chi connectivity index (χ0) is 10.2. The second-order valence-electron chi connectivity index (χ2n) is 2.96. The standard InChI is InChI=1S/C11H16OS2/c1-12-10-5-4-6-11(9-10)14-8-3-2-7-13/h4-6,9,13H,2-3,7-8H2,1H3. The molecule has 0 aliphatic carbocycles. The third-order valence-electron chi connectivity index (χ3n) is 1.86. The highest BCUT2D eigenvalue weighted by atomic mass is 32.2. The normalized spacial score (nSPS) is 10.1. The van der Waals surface area contributed by atoms with Crippen LogP contribution in [0, 0.1) is 0 Å². The molecule has 0 spiro atoms. The molecule has 78 valence electrons. The number of hydrogen-bond acceptors (Lipinski definition) is 3. The number of ether oxygens (including phenoxy) is 1. The van der Waals surface area contributed by atoms with Gasteiger partial charge in [-0.2, -0.15) is 12.6 Å². The molecular weight excluding hydrogens is 212 g/mol. The molecular formula is C11H16OS2. The molecule has 0 bridgehead atoms. The van der Waals surface area contributed by atoms with E-state index in [4.69, 9.17) is 4.74 Å². The van der Waals surface area contributed by atoms with Crippen molar-refractivity contribution in [2.45, 2.75) is 17.7 Å². The van der Waals surface area contributed by atoms with E-state index in [2.05, 4.69) is 24.8 Å². The molecule has 1 aromatic rings. The number of rotatable bonds is 6. The Labute approximate surface area is 95.6 Å². The van der Waals surface area contributed by atoms with Crippen molar-refractivity contribution in [2.24, 2.45) is 0 Å². The lowest BCUT2D eigenvalue weighted by Gasteiger charge is -2.03. The number of methoxy groups -OCH3 is 1. The van der Waals surface area contributed by atoms with Crippen molar-refractivity contribution in [3.8, 4) is 5.75 Å². The van der Waals surface area contributed by atoms with E-state index in [0.29, 0.717) is 0 Å². The fourth-order valence-electron chi connectivity index (χ4n) is 1.09. The number of unbranched alkanes of at least 4 members (excludes halogenated alkanes) is 1. The highest BCUT2D eigenvalue weighted by Crippen LogP contribution is 2.23. The van der Waals surface area contributed by atoms with Crippen LogP contribution in [0.5, 0.6) is 5.75 Å². The summed E-state index contributed by atoms with van der Waals surface area (Å²) in [5.74, 6) is 3.08. The Morgan fingerprint density at radius 3 is 2.93 bits per heavy atom. The van der Waals surface area contributed by atoms with E-state index >= 15 is 0 Å². The van der Waals surface area contributed by atoms with Gasteiger partial charge in [0.2, 0.25) is 0 Å². The largest absolute Gasteiger partial charge is 0.497 e. The molecule has 0 saturated heterocycles. The lowest BCUT2D eigenvalue weighted by Crippen LogP contribution is -1.84. The quantitative estimate of drug-likeness (QED) is 0.453. The summed E-state index contributed by atoms with van der Waals surface area (Å²) in [6, 6.07) is 8.19. The van der Waals surface area contributed by atoms with Crippen LogP contribution >= 0.6 is 24.4 Å². The summed E-state index contributed by atoms with van der Waals surface area (Å²) in [6.07, 6.45) is 2.42. The first-order valence-electron chi connectivity index (χ1n) is 4.74. The Bertz CT molecular complexity index is 263. The van der Waals surface area contributed by atoms with Crippen LogP contribution in [0.4, 0.5) is 0 Å². The summed E-state index contributed by atoms with van der Waals surface area (Å²) in [5, 5.41) is 0. The molecule has 0 saturated carbocycles. The van der Waals surface area contributed by atoms with Gasteiger partial charge in [-0.05, 0) is 42.5 Å². The van der Waals surface area contributed by atoms with Gasteiger partial charge < -0.3 is 4.74 Å². The van der Waals surface area contributed by atoms with Gasteiger partial charge in [-0.25, -0.2) is 0 Å². The fraction of sp³-hybridized carbons (Fsp3) is 0.455. The van der Waals surface area contributed by atoms with E-state index in [-0.39, 0.29) is 0 Å². The van der Waals surface area contributed by atoms with E-state index in [0.717, 1.165) is 17.3 Å². The maximum absolute atomic E-state index is 5.16. The third-order valence-corrected chi connectivity index (χ3v) is 3.26. The van der Waals surface area contributed by atoms with Crippen molar-refractivity contribution in [3.05, 3.63) is 24.3 Å². The highest BCUT2D eigenvalue weighted by Gasteiger charge is 1.96. The molecule has 3 heteroatoms. The second-order valence-corrected chi connectivity index (χ2v) is 4.57. The van der Waals surface area contributed by atoms with Gasteiger partial charge in [-0.3, -0.25) is 0 Å². The molecule has 1 nitrogen and oxygen atoms in total. The summed E-state index contributed by atoms with van der Waals surface area (Å²) in [7, 11) is 1.70. The van der Waals surface area contributed by atoms with Crippen LogP contribution in [0.25, 0.3) is 0 Å². The average molecular weight is 228 g/mol. The molecule has 0 atom stereocenters. The number of thioether (sulfide) groups is 1. The van der Waals surface area contributed by atoms with Gasteiger partial charge in [0.1, 0.15) is 5.75 Å². The molecule has 0 N–H and O–H groups in total. The van der Waals surface area contributed by atoms with Crippen LogP contribution in [-0.4, -0.2) is 18.6 Å². The summed E-state index contributed by atoms with van der Waals surface area (Å²) in [5.41, 5.74) is 0. The van der Waals surface area contributed by atoms with Crippen LogP contribution in [0.15, 0.2) is 29.2 Å². The predicted octanol–water partition coefficient (Wildman–Crippen LogP) is 3.50. The van der Waals surface area contributed by atoms with Crippen molar-refractivity contribution in [3.63, 3.8) is 0 Å². The maximum Gasteiger partial charge on any atom is 0.119 e. The molecule has 0 amide bonds. The van der Waals surface area contributed by atoms with Gasteiger partial charge in [0.25, 0.3) is 0 Å². The van der Waals surface area contributed by atoms with Crippen molar-refractivity contribution in [1.29, 1.82) is 0 Å². The van der Waals surface area contributed by atoms with Gasteiger partial charge in [0.05, 0.1) is 7.11 Å². The van der Waals surface area contributed by atoms with Crippen LogP contribution in [0.3, 0.4) is 0 Å². The third kappa shape index (κ3) is 4.29. The van der Waals surface area contributed by atoms with Crippen LogP contribution in [0.2, 0.25) is 0 Å². The van der Waals surface area contributed by atoms with Gasteiger partial charge >= 0.3 is 0 Å². The van der Waals surface area contributed by atoms with Crippen molar-refractivity contribution in [1.82, 2.24) is 0 Å². The molecule has 14 heavy (non-hydrogen) atoms. The zero-order valence-electron chi connectivity index (χ0n) is 8.40. The summed E-state index contributed by atoms with van der Waals surface area (Å²) < 4.78 is 5.16. The number of benzene rings is 1. The van der Waals surface area contributed by atoms with E-state index < -0.39 is 0 Å². The lowest BCUT2D eigenvalue weighted by atomic mass is 10.3. The van der Waals surface area contributed by atoms with Gasteiger partial charge in [0, 0.05) is 4.90 Å². The first-order valence-corrected chi connectivity index (χ1v) is 6.36. The maximum atomic E-state index is 5.16. The molecule has 0 aliphatic rings. The minimum Gasteiger partial charge on any atom is -0.497 e. The van der Waals surface area contributed by atoms with Crippen molar-refractivity contribution >= 4 is 24.4 Å². The minimum absolute atomic E-state index is 0.934. The predicted molar refractivity (Wildman–Crippen MR) is 66.8 cm³/mol. The van der Waals surface area contributed by atoms with Gasteiger partial charge in [-0.15, -0.1) is 11.8 Å². The number of hydrogen-bond donors (Lipinski definition) is 1. The molecule has 0 aliphatic heterocycles. The highest BCUT2D eigenvalue weighted by molar-refractivity contribution is 7.99. The van der Waals surface area contributed by atoms with E-state index in [9.17, 15) is 0 Å². The van der Waals surface area contributed by atoms with Crippen LogP contribution in [0.1, 0.15) is 12.8 Å². The number of thiol groups is 1. The van der Waals surface area contributed by atoms with Gasteiger partial charge in [-0.1, -0.05) is 6.07 Å². The Balaban J connectivity index is 2.34. The van der Waals surface area contributed by atoms with Crippen molar-refractivity contribution in [2.75, 3.05) is 18.6 Å². The second kappa shape index (κ2) is 7.07. The van der Waals surface area contributed by atoms with E-state index in [1.54, 1.807) is 7.11 Å². The molecule has 0 unspecified atom stereocenters. The Hall–Kier alpha value is -0.280. The molecule has 0 radical (unpaired) electrons. The first-order chi connectivity index (χ1) is 6.86. The molecule has 0 aromatic heterocycles. The fourth-order valence-corrected chi connectivity index (χ4v) is 2.28. The Morgan fingerprint density at radius 2 is 2.21 bits per heavy atom. The average Bonchev–Trinajstić information content (AvgIpc) is 2.25. The zero-order valence-corrected chi connectivity index (χ0v) is 10.1. The molecule has 0 fully saturated rings. The van der Waals surface area contributed by atoms with Crippen LogP contribution < -0.4 is 4.74 Å². The molecule has 1 rings (SSSR count).